The summed E-state index contributed by atoms with van der Waals surface area (Å²) in [4.78, 5) is 0. The third-order valence-electron chi connectivity index (χ3n) is 8.57. The van der Waals surface area contributed by atoms with Gasteiger partial charge in [-0.1, -0.05) is 111 Å². The molecule has 236 valence electrons. The highest BCUT2D eigenvalue weighted by Gasteiger charge is 2.40. The van der Waals surface area contributed by atoms with E-state index in [0.717, 1.165) is 12.8 Å². The van der Waals surface area contributed by atoms with Crippen molar-refractivity contribution in [3.63, 3.8) is 0 Å². The van der Waals surface area contributed by atoms with Crippen LogP contribution in [0.4, 0.5) is 0 Å². The maximum Gasteiger partial charge on any atom is 0.195 e. The zero-order valence-electron chi connectivity index (χ0n) is 27.4. The highest BCUT2D eigenvalue weighted by molar-refractivity contribution is 6.74. The lowest BCUT2D eigenvalue weighted by atomic mass is 9.91. The minimum absolute atomic E-state index is 0.0478. The predicted octanol–water partition coefficient (Wildman–Crippen LogP) is 8.28. The smallest absolute Gasteiger partial charge is 0.195 e. The molecule has 7 heteroatoms. The lowest BCUT2D eigenvalue weighted by Gasteiger charge is -2.40. The van der Waals surface area contributed by atoms with Crippen molar-refractivity contribution < 1.29 is 28.8 Å². The van der Waals surface area contributed by atoms with E-state index in [4.69, 9.17) is 18.6 Å². The summed E-state index contributed by atoms with van der Waals surface area (Å²) < 4.78 is 24.4. The number of hydrogen-bond acceptors (Lipinski definition) is 6. The SMILES string of the molecule is CCCCCCCCCCC[C@H](O)[C@H](C)[C@H](C/C=C/[C@@H]1OC(O[Si](C)(C)C(C)(C)C)C=C[C@@H]1O)OC(C)OCC. The summed E-state index contributed by atoms with van der Waals surface area (Å²) in [7, 11) is -2.02. The first-order valence-corrected chi connectivity index (χ1v) is 19.0. The molecule has 1 aliphatic heterocycles. The fourth-order valence-electron chi connectivity index (χ4n) is 4.72. The molecule has 7 atom stereocenters. The maximum absolute atomic E-state index is 11.0. The van der Waals surface area contributed by atoms with Crippen LogP contribution in [0.1, 0.15) is 119 Å². The summed E-state index contributed by atoms with van der Waals surface area (Å²) in [6, 6.07) is 0. The van der Waals surface area contributed by atoms with Crippen molar-refractivity contribution in [3.8, 4) is 0 Å². The molecule has 0 amide bonds. The summed E-state index contributed by atoms with van der Waals surface area (Å²) in [5.74, 6) is -0.0478. The van der Waals surface area contributed by atoms with Crippen molar-refractivity contribution in [3.05, 3.63) is 24.3 Å². The monoisotopic (exact) mass is 584 g/mol. The maximum atomic E-state index is 11.0. The fraction of sp³-hybridized carbons (Fsp3) is 0.879. The standard InChI is InChI=1S/C33H64O6Si/c1-10-12-13-14-15-16-17-18-19-21-28(34)26(3)30(37-27(4)36-11-2)22-20-23-31-29(35)24-25-32(38-31)39-40(8,9)33(5,6)7/h20,23-32,34-35H,10-19,21-22H2,1-9H3/b23-20+/t26-,27?,28-,29-,30-,31-,32?/m0/s1. The van der Waals surface area contributed by atoms with Crippen LogP contribution >= 0.6 is 0 Å². The van der Waals surface area contributed by atoms with Crippen LogP contribution in [0.3, 0.4) is 0 Å². The van der Waals surface area contributed by atoms with E-state index in [2.05, 4.69) is 47.7 Å². The molecule has 0 aromatic heterocycles. The Kier molecular flexibility index (Phi) is 18.4. The molecule has 0 spiro atoms. The van der Waals surface area contributed by atoms with Gasteiger partial charge in [-0.05, 0) is 50.9 Å². The van der Waals surface area contributed by atoms with E-state index in [-0.39, 0.29) is 23.4 Å². The van der Waals surface area contributed by atoms with Crippen LogP contribution in [-0.4, -0.2) is 62.1 Å². The highest BCUT2D eigenvalue weighted by Crippen LogP contribution is 2.38. The molecule has 0 radical (unpaired) electrons. The Morgan fingerprint density at radius 2 is 1.55 bits per heavy atom. The van der Waals surface area contributed by atoms with Crippen LogP contribution in [0.15, 0.2) is 24.3 Å². The molecule has 1 rings (SSSR count). The Balaban J connectivity index is 2.66. The van der Waals surface area contributed by atoms with Gasteiger partial charge in [0.25, 0.3) is 0 Å². The van der Waals surface area contributed by atoms with Crippen LogP contribution in [0.2, 0.25) is 18.1 Å². The average Bonchev–Trinajstić information content (AvgIpc) is 2.87. The Bertz CT molecular complexity index is 704. The Morgan fingerprint density at radius 1 is 0.950 bits per heavy atom. The minimum Gasteiger partial charge on any atom is -0.393 e. The van der Waals surface area contributed by atoms with Gasteiger partial charge in [0.1, 0.15) is 12.2 Å². The zero-order chi connectivity index (χ0) is 30.2. The molecule has 6 nitrogen and oxygen atoms in total. The van der Waals surface area contributed by atoms with Gasteiger partial charge in [-0.2, -0.15) is 0 Å². The lowest BCUT2D eigenvalue weighted by molar-refractivity contribution is -0.176. The predicted molar refractivity (Wildman–Crippen MR) is 169 cm³/mol. The molecule has 2 N–H and O–H groups in total. The van der Waals surface area contributed by atoms with Gasteiger partial charge >= 0.3 is 0 Å². The largest absolute Gasteiger partial charge is 0.393 e. The van der Waals surface area contributed by atoms with Crippen LogP contribution < -0.4 is 0 Å². The average molecular weight is 585 g/mol. The molecule has 0 aromatic carbocycles. The van der Waals surface area contributed by atoms with E-state index in [1.54, 1.807) is 6.08 Å². The molecule has 0 saturated heterocycles. The molecular formula is C33H64O6Si. The molecule has 0 fully saturated rings. The molecule has 0 saturated carbocycles. The number of aliphatic hydroxyl groups excluding tert-OH is 2. The fourth-order valence-corrected chi connectivity index (χ4v) is 5.79. The van der Waals surface area contributed by atoms with Crippen LogP contribution in [0.5, 0.6) is 0 Å². The van der Waals surface area contributed by atoms with Crippen molar-refractivity contribution >= 4 is 8.32 Å². The molecule has 0 aromatic rings. The van der Waals surface area contributed by atoms with E-state index in [0.29, 0.717) is 13.0 Å². The van der Waals surface area contributed by atoms with Gasteiger partial charge < -0.3 is 28.8 Å². The lowest BCUT2D eigenvalue weighted by Crippen LogP contribution is -2.46. The van der Waals surface area contributed by atoms with E-state index < -0.39 is 32.9 Å². The van der Waals surface area contributed by atoms with Gasteiger partial charge in [0.2, 0.25) is 0 Å². The van der Waals surface area contributed by atoms with Gasteiger partial charge in [-0.3, -0.25) is 0 Å². The number of rotatable bonds is 21. The number of ether oxygens (including phenoxy) is 3. The second-order valence-electron chi connectivity index (χ2n) is 13.1. The summed E-state index contributed by atoms with van der Waals surface area (Å²) in [5.41, 5.74) is 0. The number of aliphatic hydroxyl groups is 2. The summed E-state index contributed by atoms with van der Waals surface area (Å²) >= 11 is 0. The molecule has 1 aliphatic rings. The molecule has 40 heavy (non-hydrogen) atoms. The number of hydrogen-bond donors (Lipinski definition) is 2. The summed E-state index contributed by atoms with van der Waals surface area (Å²) in [5, 5.41) is 21.6. The van der Waals surface area contributed by atoms with Gasteiger partial charge in [-0.15, -0.1) is 0 Å². The highest BCUT2D eigenvalue weighted by atomic mass is 28.4. The van der Waals surface area contributed by atoms with E-state index in [9.17, 15) is 10.2 Å². The minimum atomic E-state index is -2.02. The third kappa shape index (κ3) is 14.6. The molecular weight excluding hydrogens is 520 g/mol. The van der Waals surface area contributed by atoms with Crippen molar-refractivity contribution in [1.82, 2.24) is 0 Å². The van der Waals surface area contributed by atoms with Crippen LogP contribution in [0.25, 0.3) is 0 Å². The van der Waals surface area contributed by atoms with E-state index in [1.165, 1.54) is 51.4 Å². The van der Waals surface area contributed by atoms with Crippen LogP contribution in [-0.2, 0) is 18.6 Å². The van der Waals surface area contributed by atoms with Crippen molar-refractivity contribution in [2.24, 2.45) is 5.92 Å². The quantitative estimate of drug-likeness (QED) is 0.0612. The summed E-state index contributed by atoms with van der Waals surface area (Å²) in [6.07, 6.45) is 17.6. The second kappa shape index (κ2) is 19.6. The van der Waals surface area contributed by atoms with Gasteiger partial charge in [-0.25, -0.2) is 0 Å². The normalized spacial score (nSPS) is 23.4. The Hall–Kier alpha value is -0.543. The molecule has 0 aliphatic carbocycles. The number of unbranched alkanes of at least 4 members (excludes halogenated alkanes) is 8. The van der Waals surface area contributed by atoms with Gasteiger partial charge in [0, 0.05) is 12.5 Å². The van der Waals surface area contributed by atoms with E-state index in [1.807, 2.05) is 32.1 Å². The first kappa shape index (κ1) is 37.5. The Labute approximate surface area is 248 Å². The van der Waals surface area contributed by atoms with Crippen molar-refractivity contribution in [2.75, 3.05) is 6.61 Å². The Morgan fingerprint density at radius 3 is 2.12 bits per heavy atom. The van der Waals surface area contributed by atoms with Crippen molar-refractivity contribution in [2.45, 2.75) is 174 Å². The summed E-state index contributed by atoms with van der Waals surface area (Å²) in [6.45, 7) is 19.7. The van der Waals surface area contributed by atoms with Gasteiger partial charge in [0.05, 0.1) is 12.2 Å². The van der Waals surface area contributed by atoms with Gasteiger partial charge in [0.15, 0.2) is 20.9 Å². The zero-order valence-corrected chi connectivity index (χ0v) is 28.4. The molecule has 2 unspecified atom stereocenters. The molecule has 0 bridgehead atoms. The molecule has 1 heterocycles. The van der Waals surface area contributed by atoms with E-state index >= 15 is 0 Å². The van der Waals surface area contributed by atoms with Crippen molar-refractivity contribution in [1.29, 1.82) is 0 Å². The second-order valence-corrected chi connectivity index (χ2v) is 17.9. The first-order valence-electron chi connectivity index (χ1n) is 16.1. The first-order chi connectivity index (χ1) is 18.8. The topological polar surface area (TPSA) is 77.4 Å². The van der Waals surface area contributed by atoms with Crippen LogP contribution in [0, 0.1) is 5.92 Å². The third-order valence-corrected chi connectivity index (χ3v) is 13.0.